The second kappa shape index (κ2) is 4.60. The Morgan fingerprint density at radius 1 is 1.23 bits per heavy atom. The maximum Gasteiger partial charge on any atom is 0.119 e. The first-order valence-corrected chi connectivity index (χ1v) is 10.4. The standard InChI is InChI=1S/C11H17ISi/c1-4-13(12)11(2,3)10-8-6-5-7-9-10/h5-9,13H,4H2,1-3H3. The molecule has 1 unspecified atom stereocenters. The fraction of sp³-hybridized carbons (Fsp3) is 0.455. The Bertz CT molecular complexity index is 256. The quantitative estimate of drug-likeness (QED) is 0.454. The molecule has 72 valence electrons. The van der Waals surface area contributed by atoms with Gasteiger partial charge in [0.15, 0.2) is 0 Å². The van der Waals surface area contributed by atoms with Crippen molar-refractivity contribution in [2.24, 2.45) is 0 Å². The van der Waals surface area contributed by atoms with E-state index in [0.29, 0.717) is 5.04 Å². The third-order valence-electron chi connectivity index (χ3n) is 2.66. The molecule has 1 aromatic carbocycles. The van der Waals surface area contributed by atoms with E-state index in [0.717, 1.165) is 0 Å². The van der Waals surface area contributed by atoms with Crippen LogP contribution in [0.1, 0.15) is 26.3 Å². The van der Waals surface area contributed by atoms with E-state index in [1.807, 2.05) is 0 Å². The summed E-state index contributed by atoms with van der Waals surface area (Å²) in [5.74, 6) is 0. The lowest BCUT2D eigenvalue weighted by atomic mass is 10.0. The molecule has 0 amide bonds. The van der Waals surface area contributed by atoms with Gasteiger partial charge in [-0.3, -0.25) is 0 Å². The highest BCUT2D eigenvalue weighted by atomic mass is 127. The van der Waals surface area contributed by atoms with Crippen LogP contribution >= 0.6 is 21.8 Å². The van der Waals surface area contributed by atoms with Crippen LogP contribution in [0.2, 0.25) is 6.04 Å². The minimum atomic E-state index is -0.647. The van der Waals surface area contributed by atoms with Gasteiger partial charge in [-0.2, -0.15) is 0 Å². The zero-order chi connectivity index (χ0) is 9.90. The molecule has 1 atom stereocenters. The average Bonchev–Trinajstić information content (AvgIpc) is 2.18. The van der Waals surface area contributed by atoms with E-state index in [9.17, 15) is 0 Å². The van der Waals surface area contributed by atoms with Gasteiger partial charge < -0.3 is 0 Å². The Balaban J connectivity index is 2.93. The van der Waals surface area contributed by atoms with Gasteiger partial charge in [0, 0.05) is 0 Å². The first kappa shape index (κ1) is 11.2. The monoisotopic (exact) mass is 304 g/mol. The summed E-state index contributed by atoms with van der Waals surface area (Å²) < 4.78 is 0. The lowest BCUT2D eigenvalue weighted by Crippen LogP contribution is -2.32. The van der Waals surface area contributed by atoms with Crippen LogP contribution in [0.3, 0.4) is 0 Å². The first-order valence-electron chi connectivity index (χ1n) is 4.78. The maximum absolute atomic E-state index is 2.69. The van der Waals surface area contributed by atoms with Gasteiger partial charge in [0.2, 0.25) is 0 Å². The molecule has 0 saturated heterocycles. The van der Waals surface area contributed by atoms with Crippen LogP contribution in [-0.2, 0) is 5.04 Å². The Morgan fingerprint density at radius 3 is 2.23 bits per heavy atom. The summed E-state index contributed by atoms with van der Waals surface area (Å²) in [6, 6.07) is 12.3. The topological polar surface area (TPSA) is 0 Å². The lowest BCUT2D eigenvalue weighted by molar-refractivity contribution is 0.745. The van der Waals surface area contributed by atoms with Crippen LogP contribution in [0, 0.1) is 0 Å². The molecule has 0 N–H and O–H groups in total. The molecule has 0 spiro atoms. The average molecular weight is 304 g/mol. The molecule has 1 aromatic rings. The van der Waals surface area contributed by atoms with Crippen molar-refractivity contribution in [1.82, 2.24) is 0 Å². The summed E-state index contributed by atoms with van der Waals surface area (Å²) in [5, 5.41) is 0.427. The molecular formula is C11H17ISi. The van der Waals surface area contributed by atoms with Gasteiger partial charge in [0.05, 0.1) is 0 Å². The number of hydrogen-bond acceptors (Lipinski definition) is 0. The summed E-state index contributed by atoms with van der Waals surface area (Å²) in [5.41, 5.74) is 1.50. The smallest absolute Gasteiger partial charge is 0.119 e. The van der Waals surface area contributed by atoms with E-state index in [-0.39, 0.29) is 0 Å². The predicted octanol–water partition coefficient (Wildman–Crippen LogP) is 3.68. The van der Waals surface area contributed by atoms with Gasteiger partial charge in [-0.1, -0.05) is 57.1 Å². The fourth-order valence-electron chi connectivity index (χ4n) is 1.56. The molecule has 0 heterocycles. The Morgan fingerprint density at radius 2 is 1.77 bits per heavy atom. The molecule has 0 saturated carbocycles. The van der Waals surface area contributed by atoms with E-state index in [1.165, 1.54) is 11.6 Å². The molecule has 0 aliphatic carbocycles. The summed E-state index contributed by atoms with van der Waals surface area (Å²) in [6.45, 7) is 7.08. The second-order valence-corrected chi connectivity index (χ2v) is 11.7. The minimum absolute atomic E-state index is 0.427. The molecule has 0 aliphatic rings. The van der Waals surface area contributed by atoms with E-state index in [4.69, 9.17) is 0 Å². The Labute approximate surface area is 95.6 Å². The van der Waals surface area contributed by atoms with Crippen molar-refractivity contribution in [1.29, 1.82) is 0 Å². The zero-order valence-electron chi connectivity index (χ0n) is 8.55. The van der Waals surface area contributed by atoms with Crippen LogP contribution in [0.15, 0.2) is 30.3 Å². The minimum Gasteiger partial charge on any atom is -0.122 e. The summed E-state index contributed by atoms with van der Waals surface area (Å²) in [7, 11) is 0. The van der Waals surface area contributed by atoms with E-state index >= 15 is 0 Å². The van der Waals surface area contributed by atoms with Crippen LogP contribution in [-0.4, -0.2) is 6.29 Å². The molecule has 0 nitrogen and oxygen atoms in total. The highest BCUT2D eigenvalue weighted by Gasteiger charge is 2.28. The first-order chi connectivity index (χ1) is 6.09. The van der Waals surface area contributed by atoms with E-state index < -0.39 is 6.29 Å². The van der Waals surface area contributed by atoms with Crippen molar-refractivity contribution < 1.29 is 0 Å². The van der Waals surface area contributed by atoms with Crippen molar-refractivity contribution in [2.45, 2.75) is 31.9 Å². The molecule has 0 fully saturated rings. The molecular weight excluding hydrogens is 287 g/mol. The summed E-state index contributed by atoms with van der Waals surface area (Å²) >= 11 is 2.69. The number of rotatable bonds is 3. The van der Waals surface area contributed by atoms with Gasteiger partial charge >= 0.3 is 0 Å². The largest absolute Gasteiger partial charge is 0.122 e. The second-order valence-electron chi connectivity index (χ2n) is 3.96. The number of benzene rings is 1. The van der Waals surface area contributed by atoms with Crippen molar-refractivity contribution >= 4 is 28.1 Å². The van der Waals surface area contributed by atoms with Crippen LogP contribution in [0.5, 0.6) is 0 Å². The Kier molecular flexibility index (Phi) is 3.98. The molecule has 1 rings (SSSR count). The van der Waals surface area contributed by atoms with Crippen molar-refractivity contribution in [2.75, 3.05) is 0 Å². The highest BCUT2D eigenvalue weighted by Crippen LogP contribution is 2.30. The molecule has 2 heteroatoms. The van der Waals surface area contributed by atoms with Crippen molar-refractivity contribution in [3.63, 3.8) is 0 Å². The van der Waals surface area contributed by atoms with Crippen LogP contribution < -0.4 is 0 Å². The predicted molar refractivity (Wildman–Crippen MR) is 71.1 cm³/mol. The SMILES string of the molecule is CC[SiH](I)C(C)(C)c1ccccc1. The number of hydrogen-bond donors (Lipinski definition) is 0. The third-order valence-corrected chi connectivity index (χ3v) is 12.6. The van der Waals surface area contributed by atoms with Crippen LogP contribution in [0.25, 0.3) is 0 Å². The summed E-state index contributed by atoms with van der Waals surface area (Å²) in [4.78, 5) is 0. The van der Waals surface area contributed by atoms with Crippen molar-refractivity contribution in [3.05, 3.63) is 35.9 Å². The molecule has 13 heavy (non-hydrogen) atoms. The van der Waals surface area contributed by atoms with Gasteiger partial charge in [-0.05, 0) is 10.6 Å². The zero-order valence-corrected chi connectivity index (χ0v) is 11.9. The van der Waals surface area contributed by atoms with Crippen molar-refractivity contribution in [3.8, 4) is 0 Å². The maximum atomic E-state index is 2.69. The van der Waals surface area contributed by atoms with Crippen LogP contribution in [0.4, 0.5) is 0 Å². The van der Waals surface area contributed by atoms with Gasteiger partial charge in [-0.15, -0.1) is 21.8 Å². The van der Waals surface area contributed by atoms with Gasteiger partial charge in [0.25, 0.3) is 0 Å². The molecule has 0 aromatic heterocycles. The number of halogens is 1. The Hall–Kier alpha value is 0.167. The summed E-state index contributed by atoms with van der Waals surface area (Å²) in [6.07, 6.45) is -0.647. The third kappa shape index (κ3) is 2.56. The van der Waals surface area contributed by atoms with Gasteiger partial charge in [-0.25, -0.2) is 0 Å². The molecule has 0 aliphatic heterocycles. The lowest BCUT2D eigenvalue weighted by Gasteiger charge is -2.29. The molecule has 0 radical (unpaired) electrons. The molecule has 0 bridgehead atoms. The fourth-order valence-corrected chi connectivity index (χ4v) is 4.21. The highest BCUT2D eigenvalue weighted by molar-refractivity contribution is 14.1. The normalized spacial score (nSPS) is 14.2. The van der Waals surface area contributed by atoms with E-state index in [1.54, 1.807) is 0 Å². The van der Waals surface area contributed by atoms with Gasteiger partial charge in [0.1, 0.15) is 6.29 Å². The van der Waals surface area contributed by atoms with E-state index in [2.05, 4.69) is 72.9 Å².